The minimum absolute atomic E-state index is 0.194. The van der Waals surface area contributed by atoms with Crippen LogP contribution in [0.3, 0.4) is 0 Å². The van der Waals surface area contributed by atoms with Gasteiger partial charge in [0.1, 0.15) is 6.61 Å². The van der Waals surface area contributed by atoms with Gasteiger partial charge < -0.3 is 10.1 Å². The fourth-order valence-electron chi connectivity index (χ4n) is 5.32. The van der Waals surface area contributed by atoms with Crippen LogP contribution in [0.15, 0.2) is 0 Å². The SMILES string of the molecule is O=C1N[C@@H](C23CC4CC(CC(C4)C2)C3)CO1. The van der Waals surface area contributed by atoms with E-state index in [2.05, 4.69) is 5.32 Å². The van der Waals surface area contributed by atoms with Crippen LogP contribution < -0.4 is 5.32 Å². The van der Waals surface area contributed by atoms with Crippen molar-refractivity contribution in [2.24, 2.45) is 23.2 Å². The Morgan fingerprint density at radius 1 is 1.06 bits per heavy atom. The Balaban J connectivity index is 1.64. The van der Waals surface area contributed by atoms with E-state index < -0.39 is 0 Å². The lowest BCUT2D eigenvalue weighted by atomic mass is 9.48. The summed E-state index contributed by atoms with van der Waals surface area (Å²) in [6.07, 6.45) is 8.21. The Hall–Kier alpha value is -0.730. The molecule has 5 aliphatic rings. The van der Waals surface area contributed by atoms with E-state index in [4.69, 9.17) is 4.74 Å². The molecule has 5 rings (SSSR count). The van der Waals surface area contributed by atoms with Gasteiger partial charge in [0.05, 0.1) is 6.04 Å². The van der Waals surface area contributed by atoms with Crippen molar-refractivity contribution in [2.75, 3.05) is 6.61 Å². The van der Waals surface area contributed by atoms with Crippen molar-refractivity contribution in [2.45, 2.75) is 44.6 Å². The van der Waals surface area contributed by atoms with Crippen molar-refractivity contribution >= 4 is 6.09 Å². The molecule has 1 amide bonds. The summed E-state index contributed by atoms with van der Waals surface area (Å²) in [5, 5.41) is 3.05. The zero-order chi connectivity index (χ0) is 10.8. The molecule has 0 aromatic carbocycles. The van der Waals surface area contributed by atoms with E-state index in [0.29, 0.717) is 18.1 Å². The van der Waals surface area contributed by atoms with Crippen molar-refractivity contribution < 1.29 is 9.53 Å². The van der Waals surface area contributed by atoms with Crippen LogP contribution in [-0.2, 0) is 4.74 Å². The molecule has 16 heavy (non-hydrogen) atoms. The highest BCUT2D eigenvalue weighted by Gasteiger charge is 2.55. The smallest absolute Gasteiger partial charge is 0.407 e. The first-order chi connectivity index (χ1) is 7.73. The Kier molecular flexibility index (Phi) is 1.71. The molecule has 3 heteroatoms. The lowest BCUT2D eigenvalue weighted by Crippen LogP contribution is -2.55. The van der Waals surface area contributed by atoms with Crippen LogP contribution in [0, 0.1) is 23.2 Å². The molecule has 1 saturated heterocycles. The van der Waals surface area contributed by atoms with Gasteiger partial charge in [-0.1, -0.05) is 0 Å². The number of carbonyl (C=O) groups is 1. The molecule has 5 fully saturated rings. The predicted octanol–water partition coefficient (Wildman–Crippen LogP) is 2.31. The molecule has 0 aromatic heterocycles. The molecule has 1 heterocycles. The van der Waals surface area contributed by atoms with E-state index in [1.807, 2.05) is 0 Å². The van der Waals surface area contributed by atoms with Gasteiger partial charge in [-0.3, -0.25) is 0 Å². The fourth-order valence-corrected chi connectivity index (χ4v) is 5.32. The Morgan fingerprint density at radius 3 is 2.06 bits per heavy atom. The third-order valence-electron chi connectivity index (χ3n) is 5.50. The molecule has 1 N–H and O–H groups in total. The van der Waals surface area contributed by atoms with E-state index >= 15 is 0 Å². The Labute approximate surface area is 95.9 Å². The molecule has 4 aliphatic carbocycles. The number of hydrogen-bond donors (Lipinski definition) is 1. The van der Waals surface area contributed by atoms with Gasteiger partial charge in [0, 0.05) is 0 Å². The second kappa shape index (κ2) is 2.93. The third-order valence-corrected chi connectivity index (χ3v) is 5.50. The monoisotopic (exact) mass is 221 g/mol. The van der Waals surface area contributed by atoms with Crippen LogP contribution in [-0.4, -0.2) is 18.7 Å². The first-order valence-corrected chi connectivity index (χ1v) is 6.67. The van der Waals surface area contributed by atoms with Gasteiger partial charge in [0.25, 0.3) is 0 Å². The highest BCUT2D eigenvalue weighted by atomic mass is 16.6. The summed E-state index contributed by atoms with van der Waals surface area (Å²) >= 11 is 0. The largest absolute Gasteiger partial charge is 0.447 e. The van der Waals surface area contributed by atoms with Gasteiger partial charge >= 0.3 is 6.09 Å². The molecule has 1 atom stereocenters. The van der Waals surface area contributed by atoms with Gasteiger partial charge in [0.2, 0.25) is 0 Å². The second-order valence-electron chi connectivity index (χ2n) is 6.58. The number of amides is 1. The van der Waals surface area contributed by atoms with Gasteiger partial charge in [-0.05, 0) is 61.7 Å². The predicted molar refractivity (Wildman–Crippen MR) is 58.9 cm³/mol. The molecule has 0 unspecified atom stereocenters. The standard InChI is InChI=1S/C13H19NO2/c15-12-14-11(7-16-12)13-4-8-1-9(5-13)3-10(2-8)6-13/h8-11H,1-7H2,(H,14,15)/t8?,9?,10?,11-,13?/m1/s1. The normalized spacial score (nSPS) is 53.9. The number of carbonyl (C=O) groups excluding carboxylic acids is 1. The number of hydrogen-bond acceptors (Lipinski definition) is 2. The Morgan fingerprint density at radius 2 is 1.62 bits per heavy atom. The maximum atomic E-state index is 11.2. The van der Waals surface area contributed by atoms with Crippen molar-refractivity contribution in [3.05, 3.63) is 0 Å². The summed E-state index contributed by atoms with van der Waals surface area (Å²) in [4.78, 5) is 11.2. The molecule has 1 aliphatic heterocycles. The highest BCUT2D eigenvalue weighted by Crippen LogP contribution is 2.61. The molecule has 0 spiro atoms. The number of rotatable bonds is 1. The minimum atomic E-state index is -0.194. The molecule has 88 valence electrons. The molecule has 3 nitrogen and oxygen atoms in total. The minimum Gasteiger partial charge on any atom is -0.447 e. The number of alkyl carbamates (subject to hydrolysis) is 1. The van der Waals surface area contributed by atoms with E-state index in [9.17, 15) is 4.79 Å². The molecular formula is C13H19NO2. The molecule has 4 saturated carbocycles. The molecule has 4 bridgehead atoms. The van der Waals surface area contributed by atoms with Gasteiger partial charge in [-0.25, -0.2) is 4.79 Å². The first kappa shape index (κ1) is 9.32. The summed E-state index contributed by atoms with van der Waals surface area (Å²) in [5.74, 6) is 2.84. The van der Waals surface area contributed by atoms with Crippen LogP contribution >= 0.6 is 0 Å². The first-order valence-electron chi connectivity index (χ1n) is 6.67. The molecular weight excluding hydrogens is 202 g/mol. The second-order valence-corrected chi connectivity index (χ2v) is 6.58. The van der Waals surface area contributed by atoms with Crippen LogP contribution in [0.5, 0.6) is 0 Å². The van der Waals surface area contributed by atoms with Crippen molar-refractivity contribution in [1.29, 1.82) is 0 Å². The lowest BCUT2D eigenvalue weighted by Gasteiger charge is -2.58. The maximum Gasteiger partial charge on any atom is 0.407 e. The third kappa shape index (κ3) is 1.17. The van der Waals surface area contributed by atoms with E-state index in [0.717, 1.165) is 17.8 Å². The number of ether oxygens (including phenoxy) is 1. The number of cyclic esters (lactones) is 1. The van der Waals surface area contributed by atoms with E-state index in [1.165, 1.54) is 38.5 Å². The van der Waals surface area contributed by atoms with Crippen LogP contribution in [0.4, 0.5) is 4.79 Å². The van der Waals surface area contributed by atoms with Crippen LogP contribution in [0.2, 0.25) is 0 Å². The summed E-state index contributed by atoms with van der Waals surface area (Å²) in [7, 11) is 0. The Bertz CT molecular complexity index is 304. The average Bonchev–Trinajstić information content (AvgIpc) is 2.63. The zero-order valence-corrected chi connectivity index (χ0v) is 9.58. The molecule has 0 radical (unpaired) electrons. The topological polar surface area (TPSA) is 38.3 Å². The van der Waals surface area contributed by atoms with Gasteiger partial charge in [0.15, 0.2) is 0 Å². The zero-order valence-electron chi connectivity index (χ0n) is 9.58. The fraction of sp³-hybridized carbons (Fsp3) is 0.923. The van der Waals surface area contributed by atoms with Gasteiger partial charge in [-0.15, -0.1) is 0 Å². The molecule has 0 aromatic rings. The lowest BCUT2D eigenvalue weighted by molar-refractivity contribution is -0.0713. The summed E-state index contributed by atoms with van der Waals surface area (Å²) < 4.78 is 5.10. The van der Waals surface area contributed by atoms with E-state index in [-0.39, 0.29) is 6.09 Å². The average molecular weight is 221 g/mol. The number of nitrogens with one attached hydrogen (secondary N) is 1. The maximum absolute atomic E-state index is 11.2. The van der Waals surface area contributed by atoms with Crippen molar-refractivity contribution in [3.8, 4) is 0 Å². The quantitative estimate of drug-likeness (QED) is 0.738. The van der Waals surface area contributed by atoms with E-state index in [1.54, 1.807) is 0 Å². The summed E-state index contributed by atoms with van der Waals surface area (Å²) in [6, 6.07) is 0.313. The summed E-state index contributed by atoms with van der Waals surface area (Å²) in [6.45, 7) is 0.616. The van der Waals surface area contributed by atoms with Crippen molar-refractivity contribution in [3.63, 3.8) is 0 Å². The van der Waals surface area contributed by atoms with Gasteiger partial charge in [-0.2, -0.15) is 0 Å². The highest BCUT2D eigenvalue weighted by molar-refractivity contribution is 5.69. The summed E-state index contributed by atoms with van der Waals surface area (Å²) in [5.41, 5.74) is 0.404. The van der Waals surface area contributed by atoms with Crippen LogP contribution in [0.1, 0.15) is 38.5 Å². The van der Waals surface area contributed by atoms with Crippen molar-refractivity contribution in [1.82, 2.24) is 5.32 Å². The van der Waals surface area contributed by atoms with Crippen LogP contribution in [0.25, 0.3) is 0 Å².